The fraction of sp³-hybridized carbons (Fsp3) is 0.167. The van der Waals surface area contributed by atoms with Crippen LogP contribution in [-0.2, 0) is 0 Å². The normalized spacial score (nSPS) is 10.1. The second-order valence-electron chi connectivity index (χ2n) is 2.68. The first-order valence-electron chi connectivity index (χ1n) is 4.74. The Morgan fingerprint density at radius 1 is 1.50 bits per heavy atom. The number of carbonyl (C=O) groups is 1. The fourth-order valence-electron chi connectivity index (χ4n) is 0.740. The summed E-state index contributed by atoms with van der Waals surface area (Å²) in [5.74, 6) is -0.942. The lowest BCUT2D eigenvalue weighted by Crippen LogP contribution is -1.94. The molecule has 0 saturated heterocycles. The maximum Gasteiger partial charge on any atom is 0.337 e. The van der Waals surface area contributed by atoms with E-state index in [-0.39, 0.29) is 12.2 Å². The standard InChI is InChI=1S/C6H5NO2.C6H10O/c8-6(9)5-2-1-3-7-4-5;1-2-3-4-5-6-7/h1-4H,(H,8,9);2-5,7H,6H2,1H3/b;3-2+,5-4+. The van der Waals surface area contributed by atoms with Gasteiger partial charge in [0.25, 0.3) is 0 Å². The molecule has 1 heterocycles. The van der Waals surface area contributed by atoms with Crippen LogP contribution in [0, 0.1) is 0 Å². The van der Waals surface area contributed by atoms with Gasteiger partial charge in [0, 0.05) is 12.4 Å². The zero-order valence-electron chi connectivity index (χ0n) is 9.08. The number of aliphatic hydroxyl groups excluding tert-OH is 1. The Labute approximate surface area is 94.6 Å². The Balaban J connectivity index is 0.000000293. The number of aromatic carboxylic acids is 1. The number of pyridine rings is 1. The van der Waals surface area contributed by atoms with E-state index in [0.717, 1.165) is 0 Å². The van der Waals surface area contributed by atoms with Crippen LogP contribution in [0.25, 0.3) is 0 Å². The summed E-state index contributed by atoms with van der Waals surface area (Å²) in [4.78, 5) is 13.8. The summed E-state index contributed by atoms with van der Waals surface area (Å²) in [6.07, 6.45) is 10.1. The fourth-order valence-corrected chi connectivity index (χ4v) is 0.740. The van der Waals surface area contributed by atoms with E-state index in [1.807, 2.05) is 19.1 Å². The van der Waals surface area contributed by atoms with Crippen LogP contribution in [0.5, 0.6) is 0 Å². The van der Waals surface area contributed by atoms with Crippen molar-refractivity contribution in [1.82, 2.24) is 4.98 Å². The highest BCUT2D eigenvalue weighted by Gasteiger charge is 1.97. The van der Waals surface area contributed by atoms with Gasteiger partial charge < -0.3 is 10.2 Å². The Bertz CT molecular complexity index is 345. The van der Waals surface area contributed by atoms with Gasteiger partial charge in [0.15, 0.2) is 0 Å². The van der Waals surface area contributed by atoms with E-state index in [2.05, 4.69) is 4.98 Å². The predicted molar refractivity (Wildman–Crippen MR) is 62.2 cm³/mol. The molecule has 0 bridgehead atoms. The molecule has 16 heavy (non-hydrogen) atoms. The third-order valence-electron chi connectivity index (χ3n) is 1.45. The number of carboxylic acid groups (broad SMARTS) is 1. The largest absolute Gasteiger partial charge is 0.478 e. The van der Waals surface area contributed by atoms with Crippen molar-refractivity contribution < 1.29 is 15.0 Å². The molecule has 0 aromatic carbocycles. The number of hydrogen-bond donors (Lipinski definition) is 2. The minimum absolute atomic E-state index is 0.129. The molecular weight excluding hydrogens is 206 g/mol. The van der Waals surface area contributed by atoms with Gasteiger partial charge in [-0.05, 0) is 19.1 Å². The zero-order chi connectivity index (χ0) is 12.2. The third kappa shape index (κ3) is 7.46. The van der Waals surface area contributed by atoms with E-state index in [0.29, 0.717) is 0 Å². The number of nitrogens with zero attached hydrogens (tertiary/aromatic N) is 1. The minimum atomic E-state index is -0.942. The van der Waals surface area contributed by atoms with Crippen LogP contribution >= 0.6 is 0 Å². The molecule has 1 aromatic heterocycles. The number of aromatic nitrogens is 1. The Kier molecular flexibility index (Phi) is 8.44. The average molecular weight is 221 g/mol. The number of aliphatic hydroxyl groups is 1. The van der Waals surface area contributed by atoms with Gasteiger partial charge in [-0.25, -0.2) is 4.79 Å². The summed E-state index contributed by atoms with van der Waals surface area (Å²) in [6.45, 7) is 2.06. The van der Waals surface area contributed by atoms with Crippen LogP contribution in [0.2, 0.25) is 0 Å². The lowest BCUT2D eigenvalue weighted by atomic mass is 10.3. The molecule has 86 valence electrons. The van der Waals surface area contributed by atoms with Crippen molar-refractivity contribution in [1.29, 1.82) is 0 Å². The maximum atomic E-state index is 10.2. The summed E-state index contributed by atoms with van der Waals surface area (Å²) in [7, 11) is 0. The number of hydrogen-bond acceptors (Lipinski definition) is 3. The van der Waals surface area contributed by atoms with Crippen LogP contribution in [-0.4, -0.2) is 27.8 Å². The van der Waals surface area contributed by atoms with Crippen LogP contribution in [0.3, 0.4) is 0 Å². The molecule has 1 rings (SSSR count). The summed E-state index contributed by atoms with van der Waals surface area (Å²) in [5.41, 5.74) is 0.220. The molecule has 0 spiro atoms. The Hall–Kier alpha value is -1.94. The highest BCUT2D eigenvalue weighted by molar-refractivity contribution is 5.86. The van der Waals surface area contributed by atoms with Crippen LogP contribution in [0.15, 0.2) is 48.8 Å². The third-order valence-corrected chi connectivity index (χ3v) is 1.45. The summed E-state index contributed by atoms with van der Waals surface area (Å²) < 4.78 is 0. The first-order valence-corrected chi connectivity index (χ1v) is 4.74. The number of carboxylic acids is 1. The SMILES string of the molecule is C/C=C/C=C/CO.O=C(O)c1cccnc1. The van der Waals surface area contributed by atoms with Crippen LogP contribution in [0.4, 0.5) is 0 Å². The van der Waals surface area contributed by atoms with E-state index in [1.54, 1.807) is 18.2 Å². The van der Waals surface area contributed by atoms with Gasteiger partial charge in [-0.2, -0.15) is 0 Å². The van der Waals surface area contributed by atoms with Crippen LogP contribution in [0.1, 0.15) is 17.3 Å². The molecule has 0 radical (unpaired) electrons. The van der Waals surface area contributed by atoms with Crippen molar-refractivity contribution in [3.05, 3.63) is 54.4 Å². The summed E-state index contributed by atoms with van der Waals surface area (Å²) in [5, 5.41) is 16.5. The Morgan fingerprint density at radius 2 is 2.25 bits per heavy atom. The monoisotopic (exact) mass is 221 g/mol. The Morgan fingerprint density at radius 3 is 2.62 bits per heavy atom. The molecule has 0 atom stereocenters. The number of rotatable bonds is 3. The van der Waals surface area contributed by atoms with Crippen molar-refractivity contribution in [3.63, 3.8) is 0 Å². The topological polar surface area (TPSA) is 70.4 Å². The van der Waals surface area contributed by atoms with Crippen molar-refractivity contribution in [2.75, 3.05) is 6.61 Å². The smallest absolute Gasteiger partial charge is 0.337 e. The molecule has 0 aliphatic heterocycles. The molecular formula is C12H15NO3. The van der Waals surface area contributed by atoms with E-state index >= 15 is 0 Å². The van der Waals surface area contributed by atoms with E-state index in [4.69, 9.17) is 10.2 Å². The first-order chi connectivity index (χ1) is 7.72. The first kappa shape index (κ1) is 14.1. The van der Waals surface area contributed by atoms with E-state index < -0.39 is 5.97 Å². The second-order valence-corrected chi connectivity index (χ2v) is 2.68. The van der Waals surface area contributed by atoms with Gasteiger partial charge in [-0.15, -0.1) is 0 Å². The quantitative estimate of drug-likeness (QED) is 0.765. The summed E-state index contributed by atoms with van der Waals surface area (Å²) in [6, 6.07) is 3.08. The van der Waals surface area contributed by atoms with Gasteiger partial charge >= 0.3 is 5.97 Å². The predicted octanol–water partition coefficient (Wildman–Crippen LogP) is 1.89. The highest BCUT2D eigenvalue weighted by Crippen LogP contribution is 1.92. The molecule has 0 aliphatic rings. The molecule has 2 N–H and O–H groups in total. The molecule has 1 aromatic rings. The van der Waals surface area contributed by atoms with Gasteiger partial charge in [-0.3, -0.25) is 4.98 Å². The minimum Gasteiger partial charge on any atom is -0.478 e. The molecule has 0 amide bonds. The van der Waals surface area contributed by atoms with Crippen molar-refractivity contribution in [2.45, 2.75) is 6.92 Å². The zero-order valence-corrected chi connectivity index (χ0v) is 9.08. The maximum absolute atomic E-state index is 10.2. The van der Waals surface area contributed by atoms with E-state index in [1.165, 1.54) is 18.5 Å². The summed E-state index contributed by atoms with van der Waals surface area (Å²) >= 11 is 0. The molecule has 0 saturated carbocycles. The lowest BCUT2D eigenvalue weighted by Gasteiger charge is -1.87. The molecule has 4 nitrogen and oxygen atoms in total. The van der Waals surface area contributed by atoms with Gasteiger partial charge in [-0.1, -0.05) is 24.3 Å². The molecule has 0 aliphatic carbocycles. The van der Waals surface area contributed by atoms with Gasteiger partial charge in [0.2, 0.25) is 0 Å². The molecule has 4 heteroatoms. The highest BCUT2D eigenvalue weighted by atomic mass is 16.4. The molecule has 0 fully saturated rings. The number of allylic oxidation sites excluding steroid dienone is 3. The van der Waals surface area contributed by atoms with Crippen molar-refractivity contribution in [3.8, 4) is 0 Å². The average Bonchev–Trinajstić information content (AvgIpc) is 2.32. The van der Waals surface area contributed by atoms with Crippen molar-refractivity contribution in [2.24, 2.45) is 0 Å². The van der Waals surface area contributed by atoms with Gasteiger partial charge in [0.05, 0.1) is 12.2 Å². The second kappa shape index (κ2) is 9.61. The van der Waals surface area contributed by atoms with Crippen LogP contribution < -0.4 is 0 Å². The van der Waals surface area contributed by atoms with Gasteiger partial charge in [0.1, 0.15) is 0 Å². The van der Waals surface area contributed by atoms with Crippen molar-refractivity contribution >= 4 is 5.97 Å². The molecule has 0 unspecified atom stereocenters. The lowest BCUT2D eigenvalue weighted by molar-refractivity contribution is 0.0696. The van der Waals surface area contributed by atoms with E-state index in [9.17, 15) is 4.79 Å².